The molecule has 6 heteroatoms. The highest BCUT2D eigenvalue weighted by Crippen LogP contribution is 2.36. The van der Waals surface area contributed by atoms with Gasteiger partial charge in [0.2, 0.25) is 0 Å². The van der Waals surface area contributed by atoms with Gasteiger partial charge in [0.25, 0.3) is 0 Å². The Kier molecular flexibility index (Phi) is 6.61. The summed E-state index contributed by atoms with van der Waals surface area (Å²) in [5.41, 5.74) is 6.46. The molecule has 0 bridgehead atoms. The number of nitrogens with two attached hydrogens (primary N) is 1. The van der Waals surface area contributed by atoms with Crippen molar-refractivity contribution in [2.45, 2.75) is 26.4 Å². The molecule has 0 fully saturated rings. The average Bonchev–Trinajstić information content (AvgIpc) is 2.36. The van der Waals surface area contributed by atoms with Crippen molar-refractivity contribution in [2.75, 3.05) is 20.3 Å². The topological polar surface area (TPSA) is 70.8 Å². The molecule has 0 aliphatic heterocycles. The molecule has 0 aliphatic carbocycles. The fourth-order valence-corrected chi connectivity index (χ4v) is 1.94. The van der Waals surface area contributed by atoms with Gasteiger partial charge < -0.3 is 19.9 Å². The van der Waals surface area contributed by atoms with Crippen LogP contribution in [0.25, 0.3) is 0 Å². The first kappa shape index (κ1) is 16.6. The third-order valence-corrected chi connectivity index (χ3v) is 2.70. The summed E-state index contributed by atoms with van der Waals surface area (Å²) in [7, 11) is 1.51. The fourth-order valence-electron chi connectivity index (χ4n) is 1.65. The van der Waals surface area contributed by atoms with Crippen LogP contribution < -0.4 is 15.2 Å². The number of hydrogen-bond donors (Lipinski definition) is 1. The highest BCUT2D eigenvalue weighted by molar-refractivity contribution is 6.32. The van der Waals surface area contributed by atoms with Gasteiger partial charge in [0.1, 0.15) is 0 Å². The zero-order valence-corrected chi connectivity index (χ0v) is 12.7. The molecule has 1 rings (SSSR count). The standard InChI is InChI=1S/C14H20ClNO4/c1-9(2)20-13(17)8-19-14-11(15)6-10(4-5-16)7-12(14)18-3/h6-7,9H,4-5,8,16H2,1-3H3. The van der Waals surface area contributed by atoms with Gasteiger partial charge in [0, 0.05) is 0 Å². The van der Waals surface area contributed by atoms with Crippen LogP contribution in [0.2, 0.25) is 5.02 Å². The minimum absolute atomic E-state index is 0.185. The number of halogens is 1. The maximum absolute atomic E-state index is 11.5. The predicted octanol–water partition coefficient (Wildman–Crippen LogP) is 2.18. The number of benzene rings is 1. The lowest BCUT2D eigenvalue weighted by molar-refractivity contribution is -0.149. The van der Waals surface area contributed by atoms with Gasteiger partial charge >= 0.3 is 5.97 Å². The maximum atomic E-state index is 11.5. The zero-order valence-electron chi connectivity index (χ0n) is 11.9. The Morgan fingerprint density at radius 1 is 1.40 bits per heavy atom. The molecule has 112 valence electrons. The molecule has 5 nitrogen and oxygen atoms in total. The molecule has 0 unspecified atom stereocenters. The van der Waals surface area contributed by atoms with E-state index in [0.29, 0.717) is 29.5 Å². The normalized spacial score (nSPS) is 10.5. The van der Waals surface area contributed by atoms with Crippen LogP contribution in [0.1, 0.15) is 19.4 Å². The molecule has 0 saturated heterocycles. The van der Waals surface area contributed by atoms with E-state index in [1.807, 2.05) is 0 Å². The summed E-state index contributed by atoms with van der Waals surface area (Å²) in [5.74, 6) is 0.345. The Labute approximate surface area is 123 Å². The summed E-state index contributed by atoms with van der Waals surface area (Å²) in [6.45, 7) is 3.84. The van der Waals surface area contributed by atoms with Gasteiger partial charge in [-0.3, -0.25) is 0 Å². The number of rotatable bonds is 7. The van der Waals surface area contributed by atoms with E-state index in [1.165, 1.54) is 7.11 Å². The van der Waals surface area contributed by atoms with Crippen LogP contribution in [0.15, 0.2) is 12.1 Å². The average molecular weight is 302 g/mol. The highest BCUT2D eigenvalue weighted by atomic mass is 35.5. The first-order chi connectivity index (χ1) is 9.47. The van der Waals surface area contributed by atoms with Crippen LogP contribution in [0.4, 0.5) is 0 Å². The van der Waals surface area contributed by atoms with Crippen molar-refractivity contribution in [3.05, 3.63) is 22.7 Å². The van der Waals surface area contributed by atoms with E-state index in [0.717, 1.165) is 5.56 Å². The highest BCUT2D eigenvalue weighted by Gasteiger charge is 2.14. The van der Waals surface area contributed by atoms with E-state index in [-0.39, 0.29) is 12.7 Å². The molecule has 1 aromatic carbocycles. The van der Waals surface area contributed by atoms with Crippen LogP contribution >= 0.6 is 11.6 Å². The maximum Gasteiger partial charge on any atom is 0.344 e. The number of ether oxygens (including phenoxy) is 3. The van der Waals surface area contributed by atoms with Crippen LogP contribution in [-0.4, -0.2) is 32.3 Å². The molecule has 0 spiro atoms. The lowest BCUT2D eigenvalue weighted by Gasteiger charge is -2.14. The lowest BCUT2D eigenvalue weighted by atomic mass is 10.1. The van der Waals surface area contributed by atoms with Crippen molar-refractivity contribution >= 4 is 17.6 Å². The number of hydrogen-bond acceptors (Lipinski definition) is 5. The summed E-state index contributed by atoms with van der Waals surface area (Å²) in [6.07, 6.45) is 0.501. The van der Waals surface area contributed by atoms with Gasteiger partial charge in [-0.1, -0.05) is 11.6 Å². The molecular formula is C14H20ClNO4. The minimum atomic E-state index is -0.454. The van der Waals surface area contributed by atoms with Gasteiger partial charge in [-0.15, -0.1) is 0 Å². The predicted molar refractivity (Wildman–Crippen MR) is 77.5 cm³/mol. The summed E-state index contributed by atoms with van der Waals surface area (Å²) in [5, 5.41) is 0.380. The van der Waals surface area contributed by atoms with Gasteiger partial charge in [-0.25, -0.2) is 4.79 Å². The van der Waals surface area contributed by atoms with E-state index in [2.05, 4.69) is 0 Å². The third kappa shape index (κ3) is 4.90. The van der Waals surface area contributed by atoms with Crippen molar-refractivity contribution < 1.29 is 19.0 Å². The van der Waals surface area contributed by atoms with Crippen molar-refractivity contribution in [3.8, 4) is 11.5 Å². The van der Waals surface area contributed by atoms with Crippen LogP contribution in [-0.2, 0) is 16.0 Å². The van der Waals surface area contributed by atoms with E-state index in [1.54, 1.807) is 26.0 Å². The molecular weight excluding hydrogens is 282 g/mol. The fraction of sp³-hybridized carbons (Fsp3) is 0.500. The number of methoxy groups -OCH3 is 1. The first-order valence-electron chi connectivity index (χ1n) is 6.36. The van der Waals surface area contributed by atoms with Gasteiger partial charge in [0.05, 0.1) is 18.2 Å². The Morgan fingerprint density at radius 3 is 2.65 bits per heavy atom. The van der Waals surface area contributed by atoms with E-state index < -0.39 is 5.97 Å². The van der Waals surface area contributed by atoms with Crippen molar-refractivity contribution in [1.29, 1.82) is 0 Å². The molecule has 20 heavy (non-hydrogen) atoms. The third-order valence-electron chi connectivity index (χ3n) is 2.42. The monoisotopic (exact) mass is 301 g/mol. The van der Waals surface area contributed by atoms with Crippen LogP contribution in [0, 0.1) is 0 Å². The Morgan fingerprint density at radius 2 is 2.10 bits per heavy atom. The Bertz CT molecular complexity index is 463. The zero-order chi connectivity index (χ0) is 15.1. The lowest BCUT2D eigenvalue weighted by Crippen LogP contribution is -2.19. The van der Waals surface area contributed by atoms with Crippen LogP contribution in [0.3, 0.4) is 0 Å². The van der Waals surface area contributed by atoms with Crippen molar-refractivity contribution in [1.82, 2.24) is 0 Å². The molecule has 0 amide bonds. The van der Waals surface area contributed by atoms with E-state index in [9.17, 15) is 4.79 Å². The van der Waals surface area contributed by atoms with E-state index >= 15 is 0 Å². The van der Waals surface area contributed by atoms with E-state index in [4.69, 9.17) is 31.5 Å². The molecule has 0 atom stereocenters. The van der Waals surface area contributed by atoms with Gasteiger partial charge in [-0.05, 0) is 44.5 Å². The van der Waals surface area contributed by atoms with Crippen molar-refractivity contribution in [3.63, 3.8) is 0 Å². The molecule has 1 aromatic rings. The largest absolute Gasteiger partial charge is 0.493 e. The Balaban J connectivity index is 2.81. The van der Waals surface area contributed by atoms with Gasteiger partial charge in [-0.2, -0.15) is 0 Å². The van der Waals surface area contributed by atoms with Gasteiger partial charge in [0.15, 0.2) is 18.1 Å². The number of carbonyl (C=O) groups is 1. The smallest absolute Gasteiger partial charge is 0.344 e. The molecule has 0 heterocycles. The molecule has 0 saturated carbocycles. The molecule has 2 N–H and O–H groups in total. The minimum Gasteiger partial charge on any atom is -0.493 e. The summed E-state index contributed by atoms with van der Waals surface area (Å²) < 4.78 is 15.6. The number of esters is 1. The first-order valence-corrected chi connectivity index (χ1v) is 6.74. The molecule has 0 aromatic heterocycles. The molecule has 0 radical (unpaired) electrons. The summed E-state index contributed by atoms with van der Waals surface area (Å²) in [4.78, 5) is 11.5. The second-order valence-corrected chi connectivity index (χ2v) is 4.88. The Hall–Kier alpha value is -1.46. The molecule has 0 aliphatic rings. The quantitative estimate of drug-likeness (QED) is 0.782. The second kappa shape index (κ2) is 7.97. The summed E-state index contributed by atoms with van der Waals surface area (Å²) in [6, 6.07) is 3.54. The van der Waals surface area contributed by atoms with Crippen molar-refractivity contribution in [2.24, 2.45) is 5.73 Å². The summed E-state index contributed by atoms with van der Waals surface area (Å²) >= 11 is 6.14. The number of carbonyl (C=O) groups excluding carboxylic acids is 1. The second-order valence-electron chi connectivity index (χ2n) is 4.47. The SMILES string of the molecule is COc1cc(CCN)cc(Cl)c1OCC(=O)OC(C)C. The van der Waals surface area contributed by atoms with Crippen LogP contribution in [0.5, 0.6) is 11.5 Å².